The summed E-state index contributed by atoms with van der Waals surface area (Å²) in [6.45, 7) is 1.43. The Morgan fingerprint density at radius 1 is 0.947 bits per heavy atom. The third-order valence-corrected chi connectivity index (χ3v) is 5.88. The van der Waals surface area contributed by atoms with Gasteiger partial charge in [0.2, 0.25) is 0 Å². The molecule has 2 N–H and O–H groups in total. The summed E-state index contributed by atoms with van der Waals surface area (Å²) >= 11 is 0. The number of aliphatic hydroxyl groups is 2. The normalized spacial score (nSPS) is 39.2. The maximum atomic E-state index is 9.97. The van der Waals surface area contributed by atoms with Gasteiger partial charge in [-0.2, -0.15) is 0 Å². The van der Waals surface area contributed by atoms with Gasteiger partial charge < -0.3 is 10.2 Å². The van der Waals surface area contributed by atoms with Gasteiger partial charge in [-0.15, -0.1) is 0 Å². The molecule has 1 aliphatic carbocycles. The van der Waals surface area contributed by atoms with E-state index in [1.54, 1.807) is 0 Å². The summed E-state index contributed by atoms with van der Waals surface area (Å²) in [5, 5.41) is 19.9. The summed E-state index contributed by atoms with van der Waals surface area (Å²) in [4.78, 5) is 2.65. The van der Waals surface area contributed by atoms with Crippen molar-refractivity contribution in [1.29, 1.82) is 0 Å². The highest BCUT2D eigenvalue weighted by atomic mass is 16.3. The average Bonchev–Trinajstić information content (AvgIpc) is 2.63. The zero-order valence-electron chi connectivity index (χ0n) is 12.1. The summed E-state index contributed by atoms with van der Waals surface area (Å²) in [6.07, 6.45) is 12.0. The van der Waals surface area contributed by atoms with Crippen LogP contribution in [0.4, 0.5) is 0 Å². The predicted octanol–water partition coefficient (Wildman–Crippen LogP) is 2.31. The molecule has 2 bridgehead atoms. The van der Waals surface area contributed by atoms with Crippen molar-refractivity contribution < 1.29 is 10.2 Å². The van der Waals surface area contributed by atoms with Crippen LogP contribution in [0.25, 0.3) is 0 Å². The van der Waals surface area contributed by atoms with Crippen LogP contribution in [0.1, 0.15) is 64.2 Å². The number of hydrogen-bond donors (Lipinski definition) is 2. The zero-order chi connectivity index (χ0) is 13.3. The third-order valence-electron chi connectivity index (χ3n) is 5.88. The topological polar surface area (TPSA) is 43.7 Å². The number of nitrogens with zero attached hydrogens (tertiary/aromatic N) is 1. The minimum absolute atomic E-state index is 0.0760. The first-order valence-electron chi connectivity index (χ1n) is 8.27. The molecule has 0 aromatic rings. The molecule has 0 radical (unpaired) electrons. The first kappa shape index (κ1) is 13.8. The Balaban J connectivity index is 1.69. The molecule has 1 saturated carbocycles. The van der Waals surface area contributed by atoms with E-state index in [9.17, 15) is 10.2 Å². The predicted molar refractivity (Wildman–Crippen MR) is 76.0 cm³/mol. The van der Waals surface area contributed by atoms with E-state index >= 15 is 0 Å². The molecule has 3 fully saturated rings. The Labute approximate surface area is 117 Å². The van der Waals surface area contributed by atoms with Gasteiger partial charge in [-0.3, -0.25) is 4.90 Å². The van der Waals surface area contributed by atoms with Crippen LogP contribution >= 0.6 is 0 Å². The number of rotatable bonds is 3. The molecular weight excluding hydrogens is 238 g/mol. The molecule has 3 nitrogen and oxygen atoms in total. The van der Waals surface area contributed by atoms with Gasteiger partial charge in [0.1, 0.15) is 0 Å². The Morgan fingerprint density at radius 2 is 1.53 bits per heavy atom. The number of aliphatic hydroxyl groups excluding tert-OH is 2. The molecule has 110 valence electrons. The standard InChI is InChI=1S/C16H29NO2/c18-12-16(7-3-1-2-4-8-16)11-17-13-5-6-14(17)10-15(19)9-13/h13-15,18-19H,1-12H2. The van der Waals surface area contributed by atoms with E-state index in [1.807, 2.05) is 0 Å². The summed E-state index contributed by atoms with van der Waals surface area (Å²) in [6, 6.07) is 1.17. The van der Waals surface area contributed by atoms with E-state index in [2.05, 4.69) is 4.90 Å². The van der Waals surface area contributed by atoms with Crippen LogP contribution in [0.5, 0.6) is 0 Å². The smallest absolute Gasteiger partial charge is 0.0570 e. The largest absolute Gasteiger partial charge is 0.396 e. The molecule has 2 saturated heterocycles. The Kier molecular flexibility index (Phi) is 4.16. The highest BCUT2D eigenvalue weighted by Gasteiger charge is 2.44. The molecule has 3 heteroatoms. The molecular formula is C16H29NO2. The first-order chi connectivity index (χ1) is 9.22. The van der Waals surface area contributed by atoms with Crippen molar-refractivity contribution >= 4 is 0 Å². The van der Waals surface area contributed by atoms with E-state index < -0.39 is 0 Å². The molecule has 0 aromatic carbocycles. The Hall–Kier alpha value is -0.120. The molecule has 0 aromatic heterocycles. The SMILES string of the molecule is OCC1(CN2C3CCC2CC(O)C3)CCCCCC1. The second kappa shape index (κ2) is 5.71. The molecule has 2 unspecified atom stereocenters. The minimum atomic E-state index is -0.0760. The molecule has 0 amide bonds. The Bertz CT molecular complexity index is 285. The van der Waals surface area contributed by atoms with E-state index in [0.29, 0.717) is 18.7 Å². The van der Waals surface area contributed by atoms with Crippen molar-refractivity contribution in [2.24, 2.45) is 5.41 Å². The molecule has 19 heavy (non-hydrogen) atoms. The lowest BCUT2D eigenvalue weighted by atomic mass is 9.79. The summed E-state index contributed by atoms with van der Waals surface area (Å²) in [7, 11) is 0. The second-order valence-corrected chi connectivity index (χ2v) is 7.25. The van der Waals surface area contributed by atoms with Gasteiger partial charge in [-0.05, 0) is 38.5 Å². The van der Waals surface area contributed by atoms with Crippen LogP contribution in [-0.2, 0) is 0 Å². The third kappa shape index (κ3) is 2.84. The van der Waals surface area contributed by atoms with Crippen LogP contribution < -0.4 is 0 Å². The molecule has 2 atom stereocenters. The van der Waals surface area contributed by atoms with Crippen molar-refractivity contribution in [3.05, 3.63) is 0 Å². The maximum absolute atomic E-state index is 9.97. The van der Waals surface area contributed by atoms with Crippen molar-refractivity contribution in [2.45, 2.75) is 82.4 Å². The monoisotopic (exact) mass is 267 g/mol. The zero-order valence-corrected chi connectivity index (χ0v) is 12.1. The van der Waals surface area contributed by atoms with Gasteiger partial charge >= 0.3 is 0 Å². The number of fused-ring (bicyclic) bond motifs is 2. The Morgan fingerprint density at radius 3 is 2.05 bits per heavy atom. The molecule has 0 spiro atoms. The fraction of sp³-hybridized carbons (Fsp3) is 1.00. The molecule has 3 aliphatic rings. The van der Waals surface area contributed by atoms with Gasteiger partial charge in [0.15, 0.2) is 0 Å². The highest BCUT2D eigenvalue weighted by Crippen LogP contribution is 2.42. The van der Waals surface area contributed by atoms with Crippen LogP contribution in [0.15, 0.2) is 0 Å². The summed E-state index contributed by atoms with van der Waals surface area (Å²) in [5.41, 5.74) is 0.152. The average molecular weight is 267 g/mol. The first-order valence-corrected chi connectivity index (χ1v) is 8.27. The van der Waals surface area contributed by atoms with Gasteiger partial charge in [0.25, 0.3) is 0 Å². The van der Waals surface area contributed by atoms with Crippen LogP contribution in [0, 0.1) is 5.41 Å². The molecule has 3 rings (SSSR count). The van der Waals surface area contributed by atoms with Gasteiger partial charge in [-0.1, -0.05) is 25.7 Å². The number of hydrogen-bond acceptors (Lipinski definition) is 3. The van der Waals surface area contributed by atoms with Gasteiger partial charge in [-0.25, -0.2) is 0 Å². The fourth-order valence-corrected chi connectivity index (χ4v) is 4.74. The minimum Gasteiger partial charge on any atom is -0.396 e. The van der Waals surface area contributed by atoms with Crippen molar-refractivity contribution in [3.8, 4) is 0 Å². The second-order valence-electron chi connectivity index (χ2n) is 7.25. The fourth-order valence-electron chi connectivity index (χ4n) is 4.74. The van der Waals surface area contributed by atoms with Crippen molar-refractivity contribution in [1.82, 2.24) is 4.90 Å². The van der Waals surface area contributed by atoms with Crippen molar-refractivity contribution in [2.75, 3.05) is 13.2 Å². The van der Waals surface area contributed by atoms with Crippen LogP contribution in [0.2, 0.25) is 0 Å². The van der Waals surface area contributed by atoms with E-state index in [0.717, 1.165) is 19.4 Å². The van der Waals surface area contributed by atoms with Crippen molar-refractivity contribution in [3.63, 3.8) is 0 Å². The van der Waals surface area contributed by atoms with Gasteiger partial charge in [0.05, 0.1) is 6.10 Å². The maximum Gasteiger partial charge on any atom is 0.0570 e. The lowest BCUT2D eigenvalue weighted by molar-refractivity contribution is -0.0114. The lowest BCUT2D eigenvalue weighted by Gasteiger charge is -2.43. The highest BCUT2D eigenvalue weighted by molar-refractivity contribution is 4.98. The van der Waals surface area contributed by atoms with E-state index in [-0.39, 0.29) is 11.5 Å². The van der Waals surface area contributed by atoms with Gasteiger partial charge in [0, 0.05) is 30.7 Å². The lowest BCUT2D eigenvalue weighted by Crippen LogP contribution is -2.50. The summed E-state index contributed by atoms with van der Waals surface area (Å²) < 4.78 is 0. The van der Waals surface area contributed by atoms with Crippen LogP contribution in [0.3, 0.4) is 0 Å². The van der Waals surface area contributed by atoms with Crippen LogP contribution in [-0.4, -0.2) is 46.5 Å². The van der Waals surface area contributed by atoms with E-state index in [1.165, 1.54) is 51.4 Å². The molecule has 2 heterocycles. The van der Waals surface area contributed by atoms with E-state index in [4.69, 9.17) is 0 Å². The molecule has 2 aliphatic heterocycles. The quantitative estimate of drug-likeness (QED) is 0.771. The summed E-state index contributed by atoms with van der Waals surface area (Å²) in [5.74, 6) is 0. The number of piperidine rings is 1.